The highest BCUT2D eigenvalue weighted by Gasteiger charge is 1.91. The van der Waals surface area contributed by atoms with E-state index in [0.29, 0.717) is 19.8 Å². The van der Waals surface area contributed by atoms with Gasteiger partial charge in [-0.15, -0.1) is 0 Å². The molecule has 5 nitrogen and oxygen atoms in total. The van der Waals surface area contributed by atoms with Crippen molar-refractivity contribution >= 4 is 11.4 Å². The van der Waals surface area contributed by atoms with E-state index in [9.17, 15) is 4.21 Å². The lowest BCUT2D eigenvalue weighted by atomic mass is 10.7. The molecule has 0 aliphatic heterocycles. The van der Waals surface area contributed by atoms with Gasteiger partial charge in [-0.2, -0.15) is 4.21 Å². The Kier molecular flexibility index (Phi) is 7.09. The topological polar surface area (TPSA) is 81.8 Å². The van der Waals surface area contributed by atoms with Crippen LogP contribution in [0.1, 0.15) is 0 Å². The van der Waals surface area contributed by atoms with Crippen molar-refractivity contribution in [2.45, 2.75) is 0 Å². The fourth-order valence-electron chi connectivity index (χ4n) is 0.350. The van der Waals surface area contributed by atoms with Gasteiger partial charge in [0.15, 0.2) is 0 Å². The lowest BCUT2D eigenvalue weighted by Gasteiger charge is -1.99. The average molecular weight is 169 g/mol. The molecule has 0 heterocycles. The first-order chi connectivity index (χ1) is 4.77. The van der Waals surface area contributed by atoms with Gasteiger partial charge in [-0.1, -0.05) is 0 Å². The fourth-order valence-corrected chi connectivity index (χ4v) is 0.560. The Morgan fingerprint density at radius 1 is 1.40 bits per heavy atom. The SMILES string of the molecule is NCCOCCOS(=O)O. The molecule has 0 aromatic heterocycles. The Bertz CT molecular complexity index is 99.3. The van der Waals surface area contributed by atoms with Gasteiger partial charge in [0.25, 0.3) is 0 Å². The molecule has 0 aromatic carbocycles. The van der Waals surface area contributed by atoms with Gasteiger partial charge in [0, 0.05) is 6.54 Å². The molecule has 0 aliphatic carbocycles. The van der Waals surface area contributed by atoms with Crippen LogP contribution in [0.2, 0.25) is 0 Å². The Labute approximate surface area is 62.0 Å². The number of nitrogens with two attached hydrogens (primary N) is 1. The van der Waals surface area contributed by atoms with Crippen molar-refractivity contribution in [2.75, 3.05) is 26.4 Å². The Morgan fingerprint density at radius 3 is 2.60 bits per heavy atom. The van der Waals surface area contributed by atoms with Crippen LogP contribution in [0.15, 0.2) is 0 Å². The second-order valence-corrected chi connectivity index (χ2v) is 2.11. The van der Waals surface area contributed by atoms with Crippen LogP contribution in [-0.4, -0.2) is 35.1 Å². The van der Waals surface area contributed by atoms with E-state index in [1.54, 1.807) is 0 Å². The third-order valence-corrected chi connectivity index (χ3v) is 1.04. The quantitative estimate of drug-likeness (QED) is 0.398. The molecule has 0 rings (SSSR count). The van der Waals surface area contributed by atoms with Gasteiger partial charge >= 0.3 is 11.4 Å². The molecule has 1 unspecified atom stereocenters. The molecule has 6 heteroatoms. The Balaban J connectivity index is 2.84. The summed E-state index contributed by atoms with van der Waals surface area (Å²) in [6, 6.07) is 0. The van der Waals surface area contributed by atoms with Crippen LogP contribution < -0.4 is 5.73 Å². The van der Waals surface area contributed by atoms with Crippen molar-refractivity contribution < 1.29 is 17.7 Å². The molecule has 0 aromatic rings. The highest BCUT2D eigenvalue weighted by atomic mass is 32.2. The summed E-state index contributed by atoms with van der Waals surface area (Å²) in [5.41, 5.74) is 5.10. The van der Waals surface area contributed by atoms with Crippen molar-refractivity contribution in [3.63, 3.8) is 0 Å². The van der Waals surface area contributed by atoms with E-state index in [1.165, 1.54) is 0 Å². The minimum Gasteiger partial charge on any atom is -0.378 e. The normalized spacial score (nSPS) is 13.4. The predicted octanol–water partition coefficient (Wildman–Crippen LogP) is -0.885. The summed E-state index contributed by atoms with van der Waals surface area (Å²) in [7, 11) is 0. The van der Waals surface area contributed by atoms with E-state index < -0.39 is 11.4 Å². The molecular weight excluding hydrogens is 158 g/mol. The molecule has 1 atom stereocenters. The van der Waals surface area contributed by atoms with Gasteiger partial charge in [-0.05, 0) is 0 Å². The molecule has 0 bridgehead atoms. The third-order valence-electron chi connectivity index (χ3n) is 0.674. The maximum absolute atomic E-state index is 9.84. The van der Waals surface area contributed by atoms with Crippen molar-refractivity contribution in [2.24, 2.45) is 5.73 Å². The lowest BCUT2D eigenvalue weighted by molar-refractivity contribution is 0.107. The fraction of sp³-hybridized carbons (Fsp3) is 1.00. The van der Waals surface area contributed by atoms with Crippen LogP contribution >= 0.6 is 0 Å². The molecule has 0 spiro atoms. The molecule has 3 N–H and O–H groups in total. The van der Waals surface area contributed by atoms with Crippen LogP contribution in [0, 0.1) is 0 Å². The summed E-state index contributed by atoms with van der Waals surface area (Å²) in [6.45, 7) is 1.30. The molecule has 0 fully saturated rings. The van der Waals surface area contributed by atoms with E-state index in [2.05, 4.69) is 4.18 Å². The van der Waals surface area contributed by atoms with Crippen LogP contribution in [0.4, 0.5) is 0 Å². The van der Waals surface area contributed by atoms with Crippen molar-refractivity contribution in [3.8, 4) is 0 Å². The van der Waals surface area contributed by atoms with Crippen molar-refractivity contribution in [3.05, 3.63) is 0 Å². The van der Waals surface area contributed by atoms with Crippen LogP contribution in [-0.2, 0) is 20.3 Å². The first-order valence-electron chi connectivity index (χ1n) is 2.79. The molecule has 0 aliphatic rings. The monoisotopic (exact) mass is 169 g/mol. The van der Waals surface area contributed by atoms with Crippen LogP contribution in [0.25, 0.3) is 0 Å². The van der Waals surface area contributed by atoms with Gasteiger partial charge in [-0.3, -0.25) is 8.74 Å². The summed E-state index contributed by atoms with van der Waals surface area (Å²) in [5.74, 6) is 0. The summed E-state index contributed by atoms with van der Waals surface area (Å²) in [6.07, 6.45) is 0. The highest BCUT2D eigenvalue weighted by molar-refractivity contribution is 7.74. The summed E-state index contributed by atoms with van der Waals surface area (Å²) >= 11 is -2.18. The van der Waals surface area contributed by atoms with Gasteiger partial charge < -0.3 is 10.5 Å². The number of rotatable bonds is 6. The van der Waals surface area contributed by atoms with Gasteiger partial charge in [-0.25, -0.2) is 0 Å². The zero-order valence-electron chi connectivity index (χ0n) is 5.49. The van der Waals surface area contributed by atoms with E-state index in [0.717, 1.165) is 0 Å². The maximum Gasteiger partial charge on any atom is 0.301 e. The molecule has 10 heavy (non-hydrogen) atoms. The standard InChI is InChI=1S/C4H11NO4S/c5-1-2-8-3-4-9-10(6)7/h1-5H2,(H,6,7). The van der Waals surface area contributed by atoms with E-state index >= 15 is 0 Å². The first kappa shape index (κ1) is 9.99. The summed E-state index contributed by atoms with van der Waals surface area (Å²) in [4.78, 5) is 0. The Hall–Kier alpha value is -0.0100. The molecule has 0 radical (unpaired) electrons. The molecule has 0 amide bonds. The van der Waals surface area contributed by atoms with Crippen molar-refractivity contribution in [1.82, 2.24) is 0 Å². The van der Waals surface area contributed by atoms with Crippen LogP contribution in [0.5, 0.6) is 0 Å². The van der Waals surface area contributed by atoms with Gasteiger partial charge in [0.2, 0.25) is 0 Å². The number of hydrogen-bond acceptors (Lipinski definition) is 4. The van der Waals surface area contributed by atoms with E-state index in [-0.39, 0.29) is 6.61 Å². The van der Waals surface area contributed by atoms with Crippen LogP contribution in [0.3, 0.4) is 0 Å². The number of hydrogen-bond donors (Lipinski definition) is 2. The van der Waals surface area contributed by atoms with Crippen molar-refractivity contribution in [1.29, 1.82) is 0 Å². The molecular formula is C4H11NO4S. The minimum absolute atomic E-state index is 0.114. The smallest absolute Gasteiger partial charge is 0.301 e. The molecule has 62 valence electrons. The Morgan fingerprint density at radius 2 is 2.10 bits per heavy atom. The van der Waals surface area contributed by atoms with E-state index in [1.807, 2.05) is 0 Å². The van der Waals surface area contributed by atoms with Gasteiger partial charge in [0.1, 0.15) is 0 Å². The largest absolute Gasteiger partial charge is 0.378 e. The maximum atomic E-state index is 9.84. The zero-order valence-corrected chi connectivity index (χ0v) is 6.30. The van der Waals surface area contributed by atoms with Gasteiger partial charge in [0.05, 0.1) is 19.8 Å². The second kappa shape index (κ2) is 7.10. The summed E-state index contributed by atoms with van der Waals surface area (Å²) < 4.78 is 27.0. The lowest BCUT2D eigenvalue weighted by Crippen LogP contribution is -2.12. The minimum atomic E-state index is -2.18. The first-order valence-corrected chi connectivity index (χ1v) is 3.82. The zero-order chi connectivity index (χ0) is 7.82. The predicted molar refractivity (Wildman–Crippen MR) is 36.6 cm³/mol. The second-order valence-electron chi connectivity index (χ2n) is 1.44. The third kappa shape index (κ3) is 7.99. The number of ether oxygens (including phenoxy) is 1. The molecule has 0 saturated carbocycles. The highest BCUT2D eigenvalue weighted by Crippen LogP contribution is 1.79. The molecule has 0 saturated heterocycles. The van der Waals surface area contributed by atoms with E-state index in [4.69, 9.17) is 15.0 Å². The average Bonchev–Trinajstić information content (AvgIpc) is 1.87. The summed E-state index contributed by atoms with van der Waals surface area (Å²) in [5, 5.41) is 0.